The van der Waals surface area contributed by atoms with Crippen molar-refractivity contribution in [2.75, 3.05) is 44.3 Å². The Morgan fingerprint density at radius 2 is 1.78 bits per heavy atom. The molecule has 2 saturated heterocycles. The Bertz CT molecular complexity index is 1500. The molecule has 1 aliphatic carbocycles. The third kappa shape index (κ3) is 5.31. The van der Waals surface area contributed by atoms with Crippen molar-refractivity contribution in [1.29, 1.82) is 0 Å². The first-order chi connectivity index (χ1) is 20.3. The molecule has 4 aromatic rings. The van der Waals surface area contributed by atoms with Gasteiger partial charge in [-0.2, -0.15) is 5.10 Å². The number of aromatic nitrogens is 4. The van der Waals surface area contributed by atoms with Crippen LogP contribution in [0.2, 0.25) is 0 Å². The normalized spacial score (nSPS) is 18.9. The molecule has 9 nitrogen and oxygen atoms in total. The van der Waals surface area contributed by atoms with Crippen LogP contribution in [-0.4, -0.2) is 76.4 Å². The van der Waals surface area contributed by atoms with Gasteiger partial charge in [0.1, 0.15) is 12.3 Å². The number of ether oxygens (including phenoxy) is 2. The van der Waals surface area contributed by atoms with E-state index in [2.05, 4.69) is 14.8 Å². The number of hydrogen-bond donors (Lipinski definition) is 0. The molecule has 5 heterocycles. The summed E-state index contributed by atoms with van der Waals surface area (Å²) >= 11 is 0. The molecular weight excluding hydrogens is 516 g/mol. The first-order valence-electron chi connectivity index (χ1n) is 14.9. The van der Waals surface area contributed by atoms with Crippen LogP contribution >= 0.6 is 0 Å². The van der Waals surface area contributed by atoms with E-state index in [-0.39, 0.29) is 0 Å². The fourth-order valence-electron chi connectivity index (χ4n) is 6.35. The molecule has 9 heteroatoms. The van der Waals surface area contributed by atoms with Crippen LogP contribution < -0.4 is 9.64 Å². The zero-order chi connectivity index (χ0) is 27.6. The molecule has 3 fully saturated rings. The predicted octanol–water partition coefficient (Wildman–Crippen LogP) is 4.78. The van der Waals surface area contributed by atoms with Crippen LogP contribution in [-0.2, 0) is 11.3 Å². The summed E-state index contributed by atoms with van der Waals surface area (Å²) in [6.07, 6.45) is 8.26. The summed E-state index contributed by atoms with van der Waals surface area (Å²) in [5.41, 5.74) is 5.23. The number of carbonyl (C=O) groups excluding carboxylic acids is 1. The largest absolute Gasteiger partial charge is 0.473 e. The minimum absolute atomic E-state index is 0.405. The van der Waals surface area contributed by atoms with E-state index in [1.165, 1.54) is 6.42 Å². The summed E-state index contributed by atoms with van der Waals surface area (Å²) in [6.45, 7) is 6.01. The average molecular weight is 553 g/mol. The number of pyridine rings is 2. The van der Waals surface area contributed by atoms with Crippen molar-refractivity contribution in [2.45, 2.75) is 50.7 Å². The highest BCUT2D eigenvalue weighted by Gasteiger charge is 2.32. The lowest BCUT2D eigenvalue weighted by atomic mass is 9.82. The third-order valence-corrected chi connectivity index (χ3v) is 8.84. The van der Waals surface area contributed by atoms with Crippen LogP contribution in [0, 0.1) is 0 Å². The number of hydrogen-bond acceptors (Lipinski definition) is 8. The summed E-state index contributed by atoms with van der Waals surface area (Å²) in [6, 6.07) is 16.4. The zero-order valence-corrected chi connectivity index (χ0v) is 23.3. The highest BCUT2D eigenvalue weighted by Crippen LogP contribution is 2.43. The smallest absolute Gasteiger partial charge is 0.215 e. The van der Waals surface area contributed by atoms with Gasteiger partial charge in [0.05, 0.1) is 35.7 Å². The van der Waals surface area contributed by atoms with E-state index in [0.717, 1.165) is 105 Å². The van der Waals surface area contributed by atoms with Gasteiger partial charge in [-0.1, -0.05) is 36.8 Å². The lowest BCUT2D eigenvalue weighted by molar-refractivity contribution is 0.0115. The Morgan fingerprint density at radius 1 is 0.976 bits per heavy atom. The van der Waals surface area contributed by atoms with E-state index >= 15 is 0 Å². The summed E-state index contributed by atoms with van der Waals surface area (Å²) in [4.78, 5) is 26.4. The minimum atomic E-state index is 0.405. The Kier molecular flexibility index (Phi) is 7.37. The fraction of sp³-hybridized carbons (Fsp3) is 0.438. The topological polar surface area (TPSA) is 85.6 Å². The number of piperidine rings is 1. The Morgan fingerprint density at radius 3 is 2.51 bits per heavy atom. The monoisotopic (exact) mass is 552 g/mol. The van der Waals surface area contributed by atoms with Gasteiger partial charge >= 0.3 is 0 Å². The molecule has 0 N–H and O–H groups in total. The SMILES string of the molecule is O=Cc1cc(N2CCC(N3CCOCC3)CC2)c2c(C3CCC3)nn(-c3ccnc(OCc4ccccc4)c3)c2n1. The summed E-state index contributed by atoms with van der Waals surface area (Å²) in [7, 11) is 0. The standard InChI is InChI=1S/C32H36N6O3/c39-21-25-19-28(37-13-10-26(11-14-37)36-15-17-40-18-16-36)30-31(24-7-4-8-24)35-38(32(30)34-25)27-9-12-33-29(20-27)41-22-23-5-2-1-3-6-23/h1-3,5-6,9,12,19-21,24,26H,4,7-8,10-11,13-18,22H2. The van der Waals surface area contributed by atoms with E-state index in [1.54, 1.807) is 6.20 Å². The van der Waals surface area contributed by atoms with Crippen LogP contribution in [0.25, 0.3) is 16.7 Å². The second-order valence-electron chi connectivity index (χ2n) is 11.3. The number of carbonyl (C=O) groups is 1. The maximum absolute atomic E-state index is 12.1. The number of nitrogens with zero attached hydrogens (tertiary/aromatic N) is 6. The molecule has 41 heavy (non-hydrogen) atoms. The lowest BCUT2D eigenvalue weighted by Crippen LogP contribution is -2.49. The molecule has 0 spiro atoms. The predicted molar refractivity (Wildman–Crippen MR) is 157 cm³/mol. The lowest BCUT2D eigenvalue weighted by Gasteiger charge is -2.41. The molecule has 0 amide bonds. The summed E-state index contributed by atoms with van der Waals surface area (Å²) < 4.78 is 13.5. The van der Waals surface area contributed by atoms with Gasteiger partial charge in [-0.3, -0.25) is 9.69 Å². The van der Waals surface area contributed by atoms with E-state index in [1.807, 2.05) is 53.2 Å². The maximum Gasteiger partial charge on any atom is 0.215 e. The van der Waals surface area contributed by atoms with E-state index < -0.39 is 0 Å². The number of fused-ring (bicyclic) bond motifs is 1. The van der Waals surface area contributed by atoms with Crippen LogP contribution in [0.15, 0.2) is 54.7 Å². The molecule has 3 aliphatic rings. The molecular formula is C32H36N6O3. The molecule has 0 radical (unpaired) electrons. The number of aldehydes is 1. The van der Waals surface area contributed by atoms with Gasteiger partial charge < -0.3 is 14.4 Å². The van der Waals surface area contributed by atoms with Crippen LogP contribution in [0.3, 0.4) is 0 Å². The molecule has 3 aromatic heterocycles. The third-order valence-electron chi connectivity index (χ3n) is 8.84. The maximum atomic E-state index is 12.1. The molecule has 0 unspecified atom stereocenters. The van der Waals surface area contributed by atoms with Crippen LogP contribution in [0.4, 0.5) is 5.69 Å². The van der Waals surface area contributed by atoms with Gasteiger partial charge in [-0.15, -0.1) is 0 Å². The van der Waals surface area contributed by atoms with E-state index in [9.17, 15) is 4.79 Å². The van der Waals surface area contributed by atoms with Crippen molar-refractivity contribution in [3.8, 4) is 11.6 Å². The van der Waals surface area contributed by atoms with Gasteiger partial charge in [0, 0.05) is 50.4 Å². The first-order valence-corrected chi connectivity index (χ1v) is 14.9. The van der Waals surface area contributed by atoms with Gasteiger partial charge in [-0.05, 0) is 43.4 Å². The Hall–Kier alpha value is -3.82. The number of anilines is 1. The number of morpholine rings is 1. The van der Waals surface area contributed by atoms with E-state index in [4.69, 9.17) is 19.6 Å². The first kappa shape index (κ1) is 26.1. The molecule has 1 aromatic carbocycles. The highest BCUT2D eigenvalue weighted by molar-refractivity contribution is 5.96. The van der Waals surface area contributed by atoms with Crippen molar-refractivity contribution in [3.63, 3.8) is 0 Å². The Balaban J connectivity index is 1.23. The Labute approximate surface area is 240 Å². The van der Waals surface area contributed by atoms with Crippen molar-refractivity contribution in [1.82, 2.24) is 24.6 Å². The fourth-order valence-corrected chi connectivity index (χ4v) is 6.35. The second kappa shape index (κ2) is 11.6. The van der Waals surface area contributed by atoms with Gasteiger partial charge in [0.25, 0.3) is 0 Å². The molecule has 212 valence electrons. The van der Waals surface area contributed by atoms with Crippen molar-refractivity contribution in [3.05, 3.63) is 71.7 Å². The number of benzene rings is 1. The molecule has 0 bridgehead atoms. The van der Waals surface area contributed by atoms with Crippen LogP contribution in [0.5, 0.6) is 5.88 Å². The minimum Gasteiger partial charge on any atom is -0.473 e. The van der Waals surface area contributed by atoms with Crippen LogP contribution in [0.1, 0.15) is 59.8 Å². The quantitative estimate of drug-likeness (QED) is 0.289. The zero-order valence-electron chi connectivity index (χ0n) is 23.3. The molecule has 2 aliphatic heterocycles. The van der Waals surface area contributed by atoms with Crippen molar-refractivity contribution >= 4 is 23.0 Å². The number of rotatable bonds is 8. The summed E-state index contributed by atoms with van der Waals surface area (Å²) in [5, 5.41) is 6.24. The van der Waals surface area contributed by atoms with Gasteiger partial charge in [-0.25, -0.2) is 14.6 Å². The summed E-state index contributed by atoms with van der Waals surface area (Å²) in [5.74, 6) is 0.931. The van der Waals surface area contributed by atoms with E-state index in [0.29, 0.717) is 30.1 Å². The average Bonchev–Trinajstić information content (AvgIpc) is 3.39. The molecule has 7 rings (SSSR count). The van der Waals surface area contributed by atoms with Gasteiger partial charge in [0.2, 0.25) is 5.88 Å². The van der Waals surface area contributed by atoms with Crippen molar-refractivity contribution in [2.24, 2.45) is 0 Å². The molecule has 1 saturated carbocycles. The molecule has 0 atom stereocenters. The highest BCUT2D eigenvalue weighted by atomic mass is 16.5. The van der Waals surface area contributed by atoms with Crippen molar-refractivity contribution < 1.29 is 14.3 Å². The van der Waals surface area contributed by atoms with Gasteiger partial charge in [0.15, 0.2) is 11.9 Å². The second-order valence-corrected chi connectivity index (χ2v) is 11.3.